The summed E-state index contributed by atoms with van der Waals surface area (Å²) in [6, 6.07) is 15.8. The second-order valence-electron chi connectivity index (χ2n) is 7.23. The minimum Gasteiger partial charge on any atom is -0.360 e. The van der Waals surface area contributed by atoms with Crippen molar-refractivity contribution in [2.75, 3.05) is 18.8 Å². The fraction of sp³-hybridized carbons (Fsp3) is 0.182. The Morgan fingerprint density at radius 2 is 1.87 bits per heavy atom. The van der Waals surface area contributed by atoms with E-state index in [-0.39, 0.29) is 18.5 Å². The molecule has 31 heavy (non-hydrogen) atoms. The number of fused-ring (bicyclic) bond motifs is 1. The molecule has 1 aliphatic rings. The first-order chi connectivity index (χ1) is 15.1. The van der Waals surface area contributed by atoms with E-state index in [2.05, 4.69) is 39.6 Å². The smallest absolute Gasteiger partial charge is 0.324 e. The Bertz CT molecular complexity index is 1280. The van der Waals surface area contributed by atoms with Gasteiger partial charge in [0.15, 0.2) is 11.0 Å². The lowest BCUT2D eigenvalue weighted by Crippen LogP contribution is -2.32. The minimum atomic E-state index is -0.342. The maximum Gasteiger partial charge on any atom is 0.324 e. The highest BCUT2D eigenvalue weighted by atomic mass is 32.2. The summed E-state index contributed by atoms with van der Waals surface area (Å²) >= 11 is 1.47. The van der Waals surface area contributed by atoms with Crippen LogP contribution in [0.25, 0.3) is 28.0 Å². The summed E-state index contributed by atoms with van der Waals surface area (Å²) < 4.78 is 2.04. The molecule has 0 atom stereocenters. The van der Waals surface area contributed by atoms with E-state index in [1.165, 1.54) is 16.7 Å². The predicted octanol–water partition coefficient (Wildman–Crippen LogP) is 3.37. The normalized spacial score (nSPS) is 13.9. The molecule has 4 aromatic rings. The summed E-state index contributed by atoms with van der Waals surface area (Å²) in [5, 5.41) is 13.3. The molecule has 1 saturated heterocycles. The van der Waals surface area contributed by atoms with E-state index >= 15 is 0 Å². The number of benzene rings is 2. The zero-order chi connectivity index (χ0) is 21.4. The van der Waals surface area contributed by atoms with E-state index in [0.717, 1.165) is 33.5 Å². The molecule has 0 saturated carbocycles. The molecule has 2 aromatic carbocycles. The summed E-state index contributed by atoms with van der Waals surface area (Å²) in [6.07, 6.45) is 1.95. The van der Waals surface area contributed by atoms with E-state index in [1.807, 2.05) is 47.2 Å². The van der Waals surface area contributed by atoms with E-state index in [9.17, 15) is 9.59 Å². The molecular weight excluding hydrogens is 412 g/mol. The number of H-pyrrole nitrogens is 1. The van der Waals surface area contributed by atoms with Crippen LogP contribution in [-0.4, -0.2) is 55.4 Å². The van der Waals surface area contributed by atoms with Gasteiger partial charge in [-0.05, 0) is 24.6 Å². The third-order valence-corrected chi connectivity index (χ3v) is 6.21. The van der Waals surface area contributed by atoms with Crippen LogP contribution >= 0.6 is 11.8 Å². The van der Waals surface area contributed by atoms with Crippen LogP contribution in [0, 0.1) is 6.92 Å². The number of rotatable bonds is 6. The Labute approximate surface area is 182 Å². The monoisotopic (exact) mass is 432 g/mol. The van der Waals surface area contributed by atoms with Gasteiger partial charge in [0.05, 0.1) is 12.2 Å². The van der Waals surface area contributed by atoms with E-state index in [4.69, 9.17) is 0 Å². The Hall–Kier alpha value is -3.59. The quantitative estimate of drug-likeness (QED) is 0.360. The van der Waals surface area contributed by atoms with Crippen LogP contribution in [0.5, 0.6) is 0 Å². The number of nitrogens with zero attached hydrogens (tertiary/aromatic N) is 4. The van der Waals surface area contributed by atoms with Crippen LogP contribution in [0.3, 0.4) is 0 Å². The van der Waals surface area contributed by atoms with Gasteiger partial charge in [-0.1, -0.05) is 48.2 Å². The number of hydrogen-bond donors (Lipinski definition) is 2. The van der Waals surface area contributed by atoms with Gasteiger partial charge in [0.1, 0.15) is 0 Å². The van der Waals surface area contributed by atoms with Gasteiger partial charge >= 0.3 is 6.03 Å². The number of aryl methyl sites for hydroxylation is 1. The number of carbonyl (C=O) groups excluding carboxylic acids is 2. The van der Waals surface area contributed by atoms with Crippen molar-refractivity contribution in [2.24, 2.45) is 0 Å². The first-order valence-corrected chi connectivity index (χ1v) is 10.9. The fourth-order valence-electron chi connectivity index (χ4n) is 3.74. The second-order valence-corrected chi connectivity index (χ2v) is 8.29. The van der Waals surface area contributed by atoms with Gasteiger partial charge in [0.25, 0.3) is 0 Å². The third kappa shape index (κ3) is 3.46. The number of nitrogens with one attached hydrogen (secondary N) is 2. The van der Waals surface area contributed by atoms with Crippen LogP contribution in [0.2, 0.25) is 0 Å². The average molecular weight is 433 g/mol. The molecule has 5 rings (SSSR count). The van der Waals surface area contributed by atoms with E-state index in [1.54, 1.807) is 0 Å². The number of carbonyl (C=O) groups is 2. The Kier molecular flexibility index (Phi) is 4.95. The first kappa shape index (κ1) is 19.4. The number of para-hydroxylation sites is 2. The van der Waals surface area contributed by atoms with Crippen LogP contribution in [0.15, 0.2) is 59.9 Å². The van der Waals surface area contributed by atoms with Gasteiger partial charge < -0.3 is 10.3 Å². The van der Waals surface area contributed by atoms with Crippen LogP contribution in [-0.2, 0) is 4.79 Å². The molecule has 1 aliphatic heterocycles. The van der Waals surface area contributed by atoms with Gasteiger partial charge in [0, 0.05) is 35.0 Å². The topological polar surface area (TPSA) is 95.9 Å². The zero-order valence-electron chi connectivity index (χ0n) is 16.8. The minimum absolute atomic E-state index is 0.0631. The van der Waals surface area contributed by atoms with Gasteiger partial charge in [-0.15, -0.1) is 10.2 Å². The van der Waals surface area contributed by atoms with Crippen LogP contribution in [0.4, 0.5) is 4.79 Å². The number of urea groups is 1. The van der Waals surface area contributed by atoms with Crippen molar-refractivity contribution in [1.29, 1.82) is 0 Å². The lowest BCUT2D eigenvalue weighted by molar-refractivity contribution is -0.124. The van der Waals surface area contributed by atoms with Gasteiger partial charge in [-0.25, -0.2) is 4.79 Å². The Morgan fingerprint density at radius 1 is 1.06 bits per heavy atom. The molecule has 2 aromatic heterocycles. The number of imide groups is 1. The highest BCUT2D eigenvalue weighted by molar-refractivity contribution is 7.99. The summed E-state index contributed by atoms with van der Waals surface area (Å²) in [6.45, 7) is 2.43. The largest absolute Gasteiger partial charge is 0.360 e. The molecule has 0 unspecified atom stereocenters. The first-order valence-electron chi connectivity index (χ1n) is 9.92. The fourth-order valence-corrected chi connectivity index (χ4v) is 4.60. The standard InChI is InChI=1S/C22H20N6O2S/c1-14-6-2-5-9-18(14)28-20(16-12-23-17-8-4-3-7-15(16)17)25-26-22(28)31-11-10-27-19(29)13-24-21(27)30/h2-9,12,23H,10-11,13H2,1H3,(H,24,30). The third-order valence-electron chi connectivity index (χ3n) is 5.30. The lowest BCUT2D eigenvalue weighted by Gasteiger charge is -2.14. The molecule has 3 heterocycles. The molecule has 0 radical (unpaired) electrons. The van der Waals surface area contributed by atoms with Crippen molar-refractivity contribution < 1.29 is 9.59 Å². The Morgan fingerprint density at radius 3 is 2.68 bits per heavy atom. The number of aromatic nitrogens is 4. The lowest BCUT2D eigenvalue weighted by atomic mass is 10.1. The molecule has 2 N–H and O–H groups in total. The van der Waals surface area contributed by atoms with Crippen molar-refractivity contribution in [3.05, 3.63) is 60.3 Å². The van der Waals surface area contributed by atoms with Crippen molar-refractivity contribution in [3.63, 3.8) is 0 Å². The van der Waals surface area contributed by atoms with Crippen LogP contribution in [0.1, 0.15) is 5.56 Å². The SMILES string of the molecule is Cc1ccccc1-n1c(SCCN2C(=O)CNC2=O)nnc1-c1c[nH]c2ccccc12. The highest BCUT2D eigenvalue weighted by Crippen LogP contribution is 2.33. The molecule has 156 valence electrons. The molecular formula is C22H20N6O2S. The Balaban J connectivity index is 1.52. The molecule has 0 aliphatic carbocycles. The van der Waals surface area contributed by atoms with Crippen molar-refractivity contribution in [1.82, 2.24) is 30.0 Å². The molecule has 0 spiro atoms. The van der Waals surface area contributed by atoms with Crippen molar-refractivity contribution in [2.45, 2.75) is 12.1 Å². The van der Waals surface area contributed by atoms with Gasteiger partial charge in [-0.3, -0.25) is 14.3 Å². The summed E-state index contributed by atoms with van der Waals surface area (Å²) in [5.41, 5.74) is 4.08. The average Bonchev–Trinajstić information content (AvgIpc) is 3.47. The van der Waals surface area contributed by atoms with Crippen molar-refractivity contribution in [3.8, 4) is 17.1 Å². The molecule has 8 nitrogen and oxygen atoms in total. The predicted molar refractivity (Wildman–Crippen MR) is 119 cm³/mol. The van der Waals surface area contributed by atoms with E-state index < -0.39 is 0 Å². The maximum absolute atomic E-state index is 11.8. The second kappa shape index (κ2) is 7.92. The number of aromatic amines is 1. The van der Waals surface area contributed by atoms with E-state index in [0.29, 0.717) is 17.5 Å². The number of thioether (sulfide) groups is 1. The zero-order valence-corrected chi connectivity index (χ0v) is 17.6. The van der Waals surface area contributed by atoms with Crippen molar-refractivity contribution >= 4 is 34.6 Å². The molecule has 9 heteroatoms. The maximum atomic E-state index is 11.8. The highest BCUT2D eigenvalue weighted by Gasteiger charge is 2.28. The summed E-state index contributed by atoms with van der Waals surface area (Å²) in [7, 11) is 0. The molecule has 0 bridgehead atoms. The molecule has 1 fully saturated rings. The summed E-state index contributed by atoms with van der Waals surface area (Å²) in [5.74, 6) is 1.06. The molecule has 3 amide bonds. The summed E-state index contributed by atoms with van der Waals surface area (Å²) in [4.78, 5) is 28.2. The van der Waals surface area contributed by atoms with Crippen LogP contribution < -0.4 is 5.32 Å². The van der Waals surface area contributed by atoms with Gasteiger partial charge in [0.2, 0.25) is 5.91 Å². The number of hydrogen-bond acceptors (Lipinski definition) is 5. The van der Waals surface area contributed by atoms with Gasteiger partial charge in [-0.2, -0.15) is 0 Å². The number of amides is 3.